The maximum atomic E-state index is 15.2. The number of imide groups is 2. The van der Waals surface area contributed by atoms with Gasteiger partial charge in [0.2, 0.25) is 23.6 Å². The topological polar surface area (TPSA) is 139 Å². The highest BCUT2D eigenvalue weighted by molar-refractivity contribution is 7.22. The Balaban J connectivity index is 1.15. The first kappa shape index (κ1) is 36.1. The van der Waals surface area contributed by atoms with Crippen LogP contribution in [0.3, 0.4) is 0 Å². The van der Waals surface area contributed by atoms with Crippen LogP contribution in [0.15, 0.2) is 78.4 Å². The minimum absolute atomic E-state index is 0.0812. The number of benzene rings is 3. The Morgan fingerprint density at radius 3 is 2.43 bits per heavy atom. The molecule has 3 aromatic carbocycles. The van der Waals surface area contributed by atoms with Gasteiger partial charge < -0.3 is 9.84 Å². The van der Waals surface area contributed by atoms with Gasteiger partial charge in [0.05, 0.1) is 40.8 Å². The average Bonchev–Trinajstić information content (AvgIpc) is 3.85. The van der Waals surface area contributed by atoms with Crippen molar-refractivity contribution >= 4 is 73.9 Å². The maximum Gasteiger partial charge on any atom is 0.242 e. The molecule has 3 fully saturated rings. The zero-order chi connectivity index (χ0) is 39.5. The minimum Gasteiger partial charge on any atom is -0.508 e. The molecule has 0 radical (unpaired) electrons. The van der Waals surface area contributed by atoms with Gasteiger partial charge in [-0.15, -0.1) is 11.3 Å². The van der Waals surface area contributed by atoms with E-state index >= 15 is 4.79 Å². The molecule has 2 saturated heterocycles. The Hall–Kier alpha value is -5.59. The number of halogens is 1. The first-order chi connectivity index (χ1) is 26.7. The summed E-state index contributed by atoms with van der Waals surface area (Å²) in [5.74, 6) is -4.92. The van der Waals surface area contributed by atoms with Crippen molar-refractivity contribution in [3.05, 3.63) is 100 Å². The molecule has 11 nitrogen and oxygen atoms in total. The molecule has 2 aromatic heterocycles. The molecule has 13 heteroatoms. The van der Waals surface area contributed by atoms with Crippen molar-refractivity contribution in [3.8, 4) is 22.1 Å². The van der Waals surface area contributed by atoms with Crippen molar-refractivity contribution in [3.63, 3.8) is 0 Å². The fourth-order valence-corrected chi connectivity index (χ4v) is 11.1. The number of Topliss-reactive ketones (excluding diaryl/α,β-unsaturated/α-hetero) is 1. The van der Waals surface area contributed by atoms with Crippen molar-refractivity contribution < 1.29 is 33.8 Å². The Labute approximate surface area is 331 Å². The molecular weight excluding hydrogens is 752 g/mol. The molecule has 0 spiro atoms. The fourth-order valence-electron chi connectivity index (χ4n) is 9.78. The van der Waals surface area contributed by atoms with Crippen LogP contribution in [0.25, 0.3) is 20.7 Å². The molecule has 5 aromatic rings. The number of methoxy groups -OCH3 is 1. The van der Waals surface area contributed by atoms with Gasteiger partial charge in [-0.25, -0.2) is 4.90 Å². The van der Waals surface area contributed by atoms with E-state index < -0.39 is 52.7 Å². The van der Waals surface area contributed by atoms with E-state index in [2.05, 4.69) is 0 Å². The molecular formula is C43H37ClN4O7S. The number of hydrogen-bond acceptors (Lipinski definition) is 9. The van der Waals surface area contributed by atoms with Gasteiger partial charge in [-0.2, -0.15) is 5.10 Å². The Morgan fingerprint density at radius 1 is 0.964 bits per heavy atom. The second kappa shape index (κ2) is 12.7. The Morgan fingerprint density at radius 2 is 1.71 bits per heavy atom. The summed E-state index contributed by atoms with van der Waals surface area (Å²) in [7, 11) is 3.20. The predicted octanol–water partition coefficient (Wildman–Crippen LogP) is 7.62. The van der Waals surface area contributed by atoms with Gasteiger partial charge in [0.25, 0.3) is 0 Å². The highest BCUT2D eigenvalue weighted by Gasteiger charge is 2.68. The number of thiophene rings is 1. The van der Waals surface area contributed by atoms with E-state index in [1.165, 1.54) is 34.6 Å². The van der Waals surface area contributed by atoms with E-state index in [4.69, 9.17) is 21.4 Å². The molecule has 56 heavy (non-hydrogen) atoms. The van der Waals surface area contributed by atoms with Crippen LogP contribution in [-0.4, -0.2) is 51.4 Å². The lowest BCUT2D eigenvalue weighted by Gasteiger charge is -2.49. The smallest absolute Gasteiger partial charge is 0.242 e. The molecule has 2 aliphatic heterocycles. The van der Waals surface area contributed by atoms with Crippen LogP contribution in [-0.2, 0) is 26.2 Å². The number of fused-ring (bicyclic) bond motifs is 5. The number of aromatic hydroxyl groups is 1. The van der Waals surface area contributed by atoms with Crippen molar-refractivity contribution in [1.82, 2.24) is 9.78 Å². The van der Waals surface area contributed by atoms with Gasteiger partial charge in [0.1, 0.15) is 23.0 Å². The molecule has 1 saturated carbocycles. The molecule has 4 heterocycles. The number of aromatic nitrogens is 2. The molecule has 4 aliphatic rings. The van der Waals surface area contributed by atoms with Gasteiger partial charge in [-0.05, 0) is 111 Å². The summed E-state index contributed by atoms with van der Waals surface area (Å²) in [6, 6.07) is 18.7. The van der Waals surface area contributed by atoms with Crippen LogP contribution >= 0.6 is 22.9 Å². The standard InChI is InChI=1S/C43H37ClN4O7S/c1-20-28-16-23(44)8-15-34(28)56-38(20)32-19-35(46(4)45-32)48-40(52)31-18-29-26(37(43(31,3)42(48)54)30-17-25(55-5)11-14-33(30)50)12-13-27-36(29)41(53)47(39(27)51)24-9-6-22(7-10-24)21(2)49/h6-12,14-17,19,27,29,31,36-37,50H,13,18H2,1-5H3. The molecule has 0 bridgehead atoms. The quantitative estimate of drug-likeness (QED) is 0.105. The van der Waals surface area contributed by atoms with E-state index in [1.54, 1.807) is 67.8 Å². The minimum atomic E-state index is -1.39. The summed E-state index contributed by atoms with van der Waals surface area (Å²) in [4.78, 5) is 73.9. The van der Waals surface area contributed by atoms with E-state index in [9.17, 15) is 24.3 Å². The summed E-state index contributed by atoms with van der Waals surface area (Å²) < 4.78 is 8.14. The van der Waals surface area contributed by atoms with E-state index in [1.807, 2.05) is 31.2 Å². The van der Waals surface area contributed by atoms with Gasteiger partial charge >= 0.3 is 0 Å². The third kappa shape index (κ3) is 5.01. The SMILES string of the molecule is COc1ccc(O)c(C2C3=CCC4C(=O)N(c5ccc(C(C)=O)cc5)C(=O)C4C3CC3C(=O)N(c4cc(-c5sc6ccc(Cl)cc6c5C)nn4C)C(=O)C32C)c1. The molecule has 2 aliphatic carbocycles. The first-order valence-corrected chi connectivity index (χ1v) is 19.6. The number of amides is 4. The zero-order valence-electron chi connectivity index (χ0n) is 31.2. The molecule has 284 valence electrons. The van der Waals surface area contributed by atoms with Crippen LogP contribution in [0.5, 0.6) is 11.5 Å². The third-order valence-electron chi connectivity index (χ3n) is 12.6. The van der Waals surface area contributed by atoms with Crippen LogP contribution < -0.4 is 14.5 Å². The number of anilines is 2. The van der Waals surface area contributed by atoms with Gasteiger partial charge in [0, 0.05) is 39.9 Å². The third-order valence-corrected chi connectivity index (χ3v) is 14.1. The highest BCUT2D eigenvalue weighted by atomic mass is 35.5. The van der Waals surface area contributed by atoms with Crippen LogP contribution in [0.1, 0.15) is 54.1 Å². The lowest BCUT2D eigenvalue weighted by Crippen LogP contribution is -2.49. The number of allylic oxidation sites excluding steroid dienone is 2. The normalized spacial score (nSPS) is 25.8. The number of nitrogens with zero attached hydrogens (tertiary/aromatic N) is 4. The predicted molar refractivity (Wildman–Crippen MR) is 212 cm³/mol. The first-order valence-electron chi connectivity index (χ1n) is 18.4. The Bertz CT molecular complexity index is 2610. The second-order valence-corrected chi connectivity index (χ2v) is 16.9. The van der Waals surface area contributed by atoms with Crippen molar-refractivity contribution in [2.45, 2.75) is 39.5 Å². The lowest BCUT2D eigenvalue weighted by molar-refractivity contribution is -0.131. The zero-order valence-corrected chi connectivity index (χ0v) is 32.8. The Kier molecular flexibility index (Phi) is 8.19. The number of carbonyl (C=O) groups excluding carboxylic acids is 5. The molecule has 6 atom stereocenters. The van der Waals surface area contributed by atoms with Crippen molar-refractivity contribution in [1.29, 1.82) is 0 Å². The molecule has 1 N–H and O–H groups in total. The number of phenols is 1. The molecule has 4 amide bonds. The van der Waals surface area contributed by atoms with Crippen LogP contribution in [0.2, 0.25) is 5.02 Å². The van der Waals surface area contributed by atoms with Crippen LogP contribution in [0, 0.1) is 36.0 Å². The second-order valence-electron chi connectivity index (χ2n) is 15.4. The summed E-state index contributed by atoms with van der Waals surface area (Å²) in [6.45, 7) is 5.21. The van der Waals surface area contributed by atoms with E-state index in [0.717, 1.165) is 26.1 Å². The lowest BCUT2D eigenvalue weighted by atomic mass is 9.51. The number of hydrogen-bond donors (Lipinski definition) is 1. The summed E-state index contributed by atoms with van der Waals surface area (Å²) >= 11 is 7.87. The summed E-state index contributed by atoms with van der Waals surface area (Å²) in [6.07, 6.45) is 2.31. The largest absolute Gasteiger partial charge is 0.508 e. The van der Waals surface area contributed by atoms with Gasteiger partial charge in [-0.3, -0.25) is 33.6 Å². The number of rotatable bonds is 6. The number of phenolic OH excluding ortho intramolecular Hbond substituents is 1. The van der Waals surface area contributed by atoms with E-state index in [0.29, 0.717) is 39.1 Å². The van der Waals surface area contributed by atoms with Crippen LogP contribution in [0.4, 0.5) is 11.5 Å². The number of aryl methyl sites for hydroxylation is 2. The van der Waals surface area contributed by atoms with Crippen molar-refractivity contribution in [2.24, 2.45) is 36.1 Å². The molecule has 9 rings (SSSR count). The monoisotopic (exact) mass is 788 g/mol. The summed E-state index contributed by atoms with van der Waals surface area (Å²) in [5.41, 5.74) is 2.15. The van der Waals surface area contributed by atoms with Gasteiger partial charge in [-0.1, -0.05) is 23.3 Å². The van der Waals surface area contributed by atoms with Gasteiger partial charge in [0.15, 0.2) is 5.78 Å². The fraction of sp³-hybridized carbons (Fsp3) is 0.302. The maximum absolute atomic E-state index is 15.2. The van der Waals surface area contributed by atoms with Crippen molar-refractivity contribution in [2.75, 3.05) is 16.9 Å². The number of ketones is 1. The molecule has 6 unspecified atom stereocenters. The number of ether oxygens (including phenoxy) is 1. The highest BCUT2D eigenvalue weighted by Crippen LogP contribution is 2.64. The average molecular weight is 789 g/mol. The number of carbonyl (C=O) groups is 5. The summed E-state index contributed by atoms with van der Waals surface area (Å²) in [5, 5.41) is 17.9. The van der Waals surface area contributed by atoms with E-state index in [-0.39, 0.29) is 30.3 Å².